The van der Waals surface area contributed by atoms with Crippen LogP contribution in [0.2, 0.25) is 0 Å². The molecule has 6 nitrogen and oxygen atoms in total. The predicted molar refractivity (Wildman–Crippen MR) is 113 cm³/mol. The van der Waals surface area contributed by atoms with Gasteiger partial charge in [-0.2, -0.15) is 0 Å². The largest absolute Gasteiger partial charge is 0.491 e. The Labute approximate surface area is 170 Å². The first-order chi connectivity index (χ1) is 14.1. The molecule has 0 saturated heterocycles. The Bertz CT molecular complexity index is 985. The smallest absolute Gasteiger partial charge is 0.276 e. The molecule has 148 valence electrons. The highest BCUT2D eigenvalue weighted by molar-refractivity contribution is 6.02. The number of nitrogens with zero attached hydrogens (tertiary/aromatic N) is 3. The molecule has 0 radical (unpaired) electrons. The zero-order chi connectivity index (χ0) is 20.2. The van der Waals surface area contributed by atoms with Crippen LogP contribution >= 0.6 is 0 Å². The van der Waals surface area contributed by atoms with E-state index in [2.05, 4.69) is 44.7 Å². The zero-order valence-electron chi connectivity index (χ0n) is 16.6. The second-order valence-electron chi connectivity index (χ2n) is 7.36. The third kappa shape index (κ3) is 4.54. The van der Waals surface area contributed by atoms with Gasteiger partial charge in [-0.1, -0.05) is 24.3 Å². The van der Waals surface area contributed by atoms with E-state index in [1.165, 1.54) is 11.1 Å². The number of ether oxygens (including phenoxy) is 1. The van der Waals surface area contributed by atoms with E-state index in [0.717, 1.165) is 31.1 Å². The molecule has 2 heterocycles. The molecule has 0 saturated carbocycles. The van der Waals surface area contributed by atoms with E-state index in [1.807, 2.05) is 44.2 Å². The molecule has 29 heavy (non-hydrogen) atoms. The van der Waals surface area contributed by atoms with Crippen molar-refractivity contribution in [3.05, 3.63) is 77.5 Å². The summed E-state index contributed by atoms with van der Waals surface area (Å²) in [4.78, 5) is 14.7. The maximum absolute atomic E-state index is 12.5. The highest BCUT2D eigenvalue weighted by atomic mass is 16.5. The number of rotatable bonds is 5. The molecule has 0 aliphatic carbocycles. The second kappa shape index (κ2) is 8.31. The fourth-order valence-corrected chi connectivity index (χ4v) is 3.39. The first-order valence-electron chi connectivity index (χ1n) is 9.82. The van der Waals surface area contributed by atoms with E-state index in [0.29, 0.717) is 5.69 Å². The van der Waals surface area contributed by atoms with E-state index in [-0.39, 0.29) is 17.7 Å². The lowest BCUT2D eigenvalue weighted by Crippen LogP contribution is -2.31. The monoisotopic (exact) mass is 388 g/mol. The lowest BCUT2D eigenvalue weighted by atomic mass is 10.00. The van der Waals surface area contributed by atoms with Crippen LogP contribution in [-0.4, -0.2) is 28.8 Å². The molecule has 0 bridgehead atoms. The van der Waals surface area contributed by atoms with Crippen LogP contribution in [0.4, 0.5) is 11.5 Å². The van der Waals surface area contributed by atoms with Crippen LogP contribution < -0.4 is 15.0 Å². The average molecular weight is 388 g/mol. The van der Waals surface area contributed by atoms with Gasteiger partial charge in [0, 0.05) is 18.8 Å². The molecule has 0 atom stereocenters. The van der Waals surface area contributed by atoms with Crippen LogP contribution in [0.5, 0.6) is 5.75 Å². The van der Waals surface area contributed by atoms with Gasteiger partial charge in [0.15, 0.2) is 11.5 Å². The summed E-state index contributed by atoms with van der Waals surface area (Å²) in [6.07, 6.45) is 1.09. The van der Waals surface area contributed by atoms with E-state index in [1.54, 1.807) is 6.07 Å². The highest BCUT2D eigenvalue weighted by Crippen LogP contribution is 2.23. The number of amides is 1. The van der Waals surface area contributed by atoms with Gasteiger partial charge in [0.25, 0.3) is 5.91 Å². The molecule has 1 amide bonds. The van der Waals surface area contributed by atoms with E-state index >= 15 is 0 Å². The minimum Gasteiger partial charge on any atom is -0.491 e. The summed E-state index contributed by atoms with van der Waals surface area (Å²) in [5, 5.41) is 11.3. The Hall–Kier alpha value is -3.41. The fraction of sp³-hybridized carbons (Fsp3) is 0.261. The molecule has 4 rings (SSSR count). The number of carbonyl (C=O) groups excluding carboxylic acids is 1. The van der Waals surface area contributed by atoms with Crippen LogP contribution in [0.3, 0.4) is 0 Å². The van der Waals surface area contributed by atoms with Gasteiger partial charge >= 0.3 is 0 Å². The summed E-state index contributed by atoms with van der Waals surface area (Å²) in [6.45, 7) is 5.64. The van der Waals surface area contributed by atoms with Crippen molar-refractivity contribution in [3.63, 3.8) is 0 Å². The number of hydrogen-bond donors (Lipinski definition) is 1. The summed E-state index contributed by atoms with van der Waals surface area (Å²) in [7, 11) is 0. The molecular formula is C23H24N4O2. The van der Waals surface area contributed by atoms with Crippen molar-refractivity contribution in [1.29, 1.82) is 0 Å². The molecule has 1 N–H and O–H groups in total. The van der Waals surface area contributed by atoms with Crippen molar-refractivity contribution in [3.8, 4) is 5.75 Å². The molecule has 2 aromatic carbocycles. The summed E-state index contributed by atoms with van der Waals surface area (Å²) in [6, 6.07) is 19.3. The lowest BCUT2D eigenvalue weighted by molar-refractivity contribution is 0.102. The maximum atomic E-state index is 12.5. The van der Waals surface area contributed by atoms with Crippen LogP contribution in [-0.2, 0) is 13.0 Å². The van der Waals surface area contributed by atoms with E-state index in [9.17, 15) is 4.79 Å². The summed E-state index contributed by atoms with van der Waals surface area (Å²) in [5.74, 6) is 1.27. The van der Waals surface area contributed by atoms with Crippen molar-refractivity contribution >= 4 is 17.4 Å². The third-order valence-corrected chi connectivity index (χ3v) is 4.82. The molecule has 0 spiro atoms. The first-order valence-corrected chi connectivity index (χ1v) is 9.82. The summed E-state index contributed by atoms with van der Waals surface area (Å²) < 4.78 is 5.61. The van der Waals surface area contributed by atoms with Crippen LogP contribution in [0.1, 0.15) is 35.5 Å². The van der Waals surface area contributed by atoms with Gasteiger partial charge < -0.3 is 15.0 Å². The Morgan fingerprint density at radius 1 is 1.00 bits per heavy atom. The van der Waals surface area contributed by atoms with Crippen molar-refractivity contribution < 1.29 is 9.53 Å². The van der Waals surface area contributed by atoms with Crippen molar-refractivity contribution in [2.75, 3.05) is 16.8 Å². The summed E-state index contributed by atoms with van der Waals surface area (Å²) in [5.41, 5.74) is 3.67. The number of nitrogens with one attached hydrogen (secondary N) is 1. The van der Waals surface area contributed by atoms with Gasteiger partial charge in [0.1, 0.15) is 5.75 Å². The molecule has 1 aliphatic rings. The lowest BCUT2D eigenvalue weighted by Gasteiger charge is -2.29. The maximum Gasteiger partial charge on any atom is 0.276 e. The molecule has 6 heteroatoms. The normalized spacial score (nSPS) is 13.1. The van der Waals surface area contributed by atoms with Gasteiger partial charge in [-0.25, -0.2) is 0 Å². The Morgan fingerprint density at radius 3 is 2.45 bits per heavy atom. The number of anilines is 2. The topological polar surface area (TPSA) is 67.3 Å². The standard InChI is InChI=1S/C23H24N4O2/c1-16(2)29-20-9-7-19(8-10-20)24-23(28)21-11-12-22(26-25-21)27-14-13-17-5-3-4-6-18(17)15-27/h3-12,16H,13-15H2,1-2H3,(H,24,28). The number of hydrogen-bond acceptors (Lipinski definition) is 5. The molecular weight excluding hydrogens is 364 g/mol. The Morgan fingerprint density at radius 2 is 1.76 bits per heavy atom. The van der Waals surface area contributed by atoms with Crippen molar-refractivity contribution in [1.82, 2.24) is 10.2 Å². The predicted octanol–water partition coefficient (Wildman–Crippen LogP) is 4.08. The summed E-state index contributed by atoms with van der Waals surface area (Å²) >= 11 is 0. The van der Waals surface area contributed by atoms with Crippen molar-refractivity contribution in [2.24, 2.45) is 0 Å². The SMILES string of the molecule is CC(C)Oc1ccc(NC(=O)c2ccc(N3CCc4ccccc4C3)nn2)cc1. The minimum absolute atomic E-state index is 0.109. The van der Waals surface area contributed by atoms with Crippen LogP contribution in [0, 0.1) is 0 Å². The Kier molecular flexibility index (Phi) is 5.42. The highest BCUT2D eigenvalue weighted by Gasteiger charge is 2.18. The van der Waals surface area contributed by atoms with Gasteiger partial charge in [0.2, 0.25) is 0 Å². The average Bonchev–Trinajstić information content (AvgIpc) is 2.74. The van der Waals surface area contributed by atoms with Crippen LogP contribution in [0.15, 0.2) is 60.7 Å². The van der Waals surface area contributed by atoms with Crippen LogP contribution in [0.25, 0.3) is 0 Å². The number of carbonyl (C=O) groups is 1. The van der Waals surface area contributed by atoms with E-state index < -0.39 is 0 Å². The Balaban J connectivity index is 1.39. The van der Waals surface area contributed by atoms with Crippen molar-refractivity contribution in [2.45, 2.75) is 32.9 Å². The minimum atomic E-state index is -0.287. The van der Waals surface area contributed by atoms with E-state index in [4.69, 9.17) is 4.74 Å². The molecule has 1 aliphatic heterocycles. The quantitative estimate of drug-likeness (QED) is 0.713. The molecule has 0 unspecified atom stereocenters. The fourth-order valence-electron chi connectivity index (χ4n) is 3.39. The first kappa shape index (κ1) is 18.9. The molecule has 0 fully saturated rings. The van der Waals surface area contributed by atoms with Gasteiger partial charge in [-0.05, 0) is 67.8 Å². The number of aromatic nitrogens is 2. The number of benzene rings is 2. The zero-order valence-corrected chi connectivity index (χ0v) is 16.6. The van der Waals surface area contributed by atoms with Gasteiger partial charge in [-0.15, -0.1) is 10.2 Å². The number of fused-ring (bicyclic) bond motifs is 1. The second-order valence-corrected chi connectivity index (χ2v) is 7.36. The molecule has 3 aromatic rings. The molecule has 1 aromatic heterocycles. The third-order valence-electron chi connectivity index (χ3n) is 4.82. The van der Waals surface area contributed by atoms with Gasteiger partial charge in [-0.3, -0.25) is 4.79 Å². The van der Waals surface area contributed by atoms with Gasteiger partial charge in [0.05, 0.1) is 6.10 Å².